The minimum atomic E-state index is -0.594. The number of nitrogens with zero attached hydrogens (tertiary/aromatic N) is 1. The Morgan fingerprint density at radius 1 is 1.12 bits per heavy atom. The van der Waals surface area contributed by atoms with Crippen LogP contribution in [0.3, 0.4) is 0 Å². The fraction of sp³-hybridized carbons (Fsp3) is 0.158. The summed E-state index contributed by atoms with van der Waals surface area (Å²) in [6, 6.07) is 14.5. The largest absolute Gasteiger partial charge is 0.489 e. The Balaban J connectivity index is 2.25. The molecule has 0 N–H and O–H groups in total. The number of oxime groups is 1. The van der Waals surface area contributed by atoms with Crippen LogP contribution >= 0.6 is 23.2 Å². The Morgan fingerprint density at radius 3 is 2.58 bits per heavy atom. The van der Waals surface area contributed by atoms with Gasteiger partial charge in [0.2, 0.25) is 0 Å². The molecule has 0 saturated carbocycles. The fourth-order valence-electron chi connectivity index (χ4n) is 2.24. The molecule has 0 fully saturated rings. The van der Waals surface area contributed by atoms with Crippen LogP contribution < -0.4 is 4.74 Å². The molecule has 7 heteroatoms. The first-order chi connectivity index (χ1) is 12.5. The van der Waals surface area contributed by atoms with E-state index in [1.807, 2.05) is 30.3 Å². The molecule has 0 atom stereocenters. The Kier molecular flexibility index (Phi) is 7.51. The number of methoxy groups -OCH3 is 1. The number of rotatable bonds is 7. The molecule has 0 saturated heterocycles. The smallest absolute Gasteiger partial charge is 0.360 e. The molecule has 0 radical (unpaired) electrons. The SMILES string of the molecule is CO/N=C(\C(=O)OC)c1ccccc1COc1cccc(C=C(Cl)Cl)c1. The van der Waals surface area contributed by atoms with Gasteiger partial charge >= 0.3 is 5.97 Å². The van der Waals surface area contributed by atoms with Crippen molar-refractivity contribution in [2.45, 2.75) is 6.61 Å². The quantitative estimate of drug-likeness (QED) is 0.392. The van der Waals surface area contributed by atoms with Gasteiger partial charge in [-0.05, 0) is 29.3 Å². The number of halogens is 2. The number of hydrogen-bond acceptors (Lipinski definition) is 5. The van der Waals surface area contributed by atoms with Crippen LogP contribution in [0.2, 0.25) is 0 Å². The number of carbonyl (C=O) groups excluding carboxylic acids is 1. The standard InChI is InChI=1S/C19H17Cl2NO4/c1-24-19(23)18(22-25-2)16-9-4-3-7-14(16)12-26-15-8-5-6-13(10-15)11-17(20)21/h3-11H,12H2,1-2H3/b22-18-. The highest BCUT2D eigenvalue weighted by Crippen LogP contribution is 2.21. The van der Waals surface area contributed by atoms with Crippen LogP contribution in [0.25, 0.3) is 6.08 Å². The maximum Gasteiger partial charge on any atom is 0.360 e. The number of benzene rings is 2. The van der Waals surface area contributed by atoms with Gasteiger partial charge in [0.15, 0.2) is 5.71 Å². The topological polar surface area (TPSA) is 57.1 Å². The summed E-state index contributed by atoms with van der Waals surface area (Å²) in [5.74, 6) is 0.0367. The lowest BCUT2D eigenvalue weighted by molar-refractivity contribution is -0.132. The van der Waals surface area contributed by atoms with Gasteiger partial charge in [-0.25, -0.2) is 4.79 Å². The highest BCUT2D eigenvalue weighted by atomic mass is 35.5. The summed E-state index contributed by atoms with van der Waals surface area (Å²) in [6.07, 6.45) is 1.62. The molecule has 2 rings (SSSR count). The lowest BCUT2D eigenvalue weighted by Crippen LogP contribution is -2.19. The van der Waals surface area contributed by atoms with Gasteiger partial charge < -0.3 is 14.3 Å². The molecule has 0 aliphatic heterocycles. The van der Waals surface area contributed by atoms with Crippen molar-refractivity contribution in [3.63, 3.8) is 0 Å². The minimum absolute atomic E-state index is 0.0693. The second-order valence-corrected chi connectivity index (χ2v) is 6.07. The van der Waals surface area contributed by atoms with Crippen molar-refractivity contribution in [3.8, 4) is 5.75 Å². The zero-order chi connectivity index (χ0) is 18.9. The lowest BCUT2D eigenvalue weighted by atomic mass is 10.0. The van der Waals surface area contributed by atoms with E-state index in [4.69, 9.17) is 37.5 Å². The van der Waals surface area contributed by atoms with Gasteiger partial charge in [-0.2, -0.15) is 0 Å². The van der Waals surface area contributed by atoms with Crippen LogP contribution in [0.1, 0.15) is 16.7 Å². The van der Waals surface area contributed by atoms with Crippen molar-refractivity contribution in [1.29, 1.82) is 0 Å². The van der Waals surface area contributed by atoms with E-state index in [1.54, 1.807) is 24.3 Å². The second-order valence-electron chi connectivity index (χ2n) is 5.07. The molecule has 2 aromatic rings. The fourth-order valence-corrected chi connectivity index (χ4v) is 2.49. The first kappa shape index (κ1) is 19.8. The van der Waals surface area contributed by atoms with Crippen molar-refractivity contribution in [1.82, 2.24) is 0 Å². The number of carbonyl (C=O) groups is 1. The summed E-state index contributed by atoms with van der Waals surface area (Å²) in [7, 11) is 2.65. The Hall–Kier alpha value is -2.50. The van der Waals surface area contributed by atoms with E-state index in [0.29, 0.717) is 11.3 Å². The van der Waals surface area contributed by atoms with Crippen molar-refractivity contribution >= 4 is 41.0 Å². The summed E-state index contributed by atoms with van der Waals surface area (Å²) in [5, 5.41) is 3.78. The van der Waals surface area contributed by atoms with E-state index in [0.717, 1.165) is 11.1 Å². The van der Waals surface area contributed by atoms with E-state index >= 15 is 0 Å². The molecule has 0 aliphatic carbocycles. The first-order valence-corrected chi connectivity index (χ1v) is 8.34. The van der Waals surface area contributed by atoms with Gasteiger partial charge in [-0.3, -0.25) is 0 Å². The molecule has 2 aromatic carbocycles. The number of esters is 1. The van der Waals surface area contributed by atoms with Crippen LogP contribution in [0.5, 0.6) is 5.75 Å². The Morgan fingerprint density at radius 2 is 1.88 bits per heavy atom. The van der Waals surface area contributed by atoms with Gasteiger partial charge in [0.1, 0.15) is 24.0 Å². The highest BCUT2D eigenvalue weighted by molar-refractivity contribution is 6.57. The average molecular weight is 394 g/mol. The van der Waals surface area contributed by atoms with Gasteiger partial charge in [-0.1, -0.05) is 64.8 Å². The summed E-state index contributed by atoms with van der Waals surface area (Å²) < 4.78 is 10.8. The lowest BCUT2D eigenvalue weighted by Gasteiger charge is -2.12. The van der Waals surface area contributed by atoms with E-state index in [2.05, 4.69) is 5.16 Å². The van der Waals surface area contributed by atoms with Crippen LogP contribution in [0.15, 0.2) is 58.2 Å². The van der Waals surface area contributed by atoms with Crippen LogP contribution in [-0.2, 0) is 21.0 Å². The van der Waals surface area contributed by atoms with E-state index in [1.165, 1.54) is 14.2 Å². The molecule has 0 unspecified atom stereocenters. The number of hydrogen-bond donors (Lipinski definition) is 0. The molecule has 0 amide bonds. The summed E-state index contributed by atoms with van der Waals surface area (Å²) in [4.78, 5) is 16.7. The molecule has 0 aliphatic rings. The summed E-state index contributed by atoms with van der Waals surface area (Å²) >= 11 is 11.4. The normalized spacial score (nSPS) is 10.8. The van der Waals surface area contributed by atoms with E-state index < -0.39 is 5.97 Å². The Bertz CT molecular complexity index is 830. The molecular formula is C19H17Cl2NO4. The molecule has 0 heterocycles. The monoisotopic (exact) mass is 393 g/mol. The summed E-state index contributed by atoms with van der Waals surface area (Å²) in [6.45, 7) is 0.220. The van der Waals surface area contributed by atoms with Crippen molar-refractivity contribution in [2.75, 3.05) is 14.2 Å². The molecule has 0 spiro atoms. The maximum atomic E-state index is 12.0. The highest BCUT2D eigenvalue weighted by Gasteiger charge is 2.19. The summed E-state index contributed by atoms with van der Waals surface area (Å²) in [5.41, 5.74) is 2.21. The zero-order valence-electron chi connectivity index (χ0n) is 14.2. The van der Waals surface area contributed by atoms with Gasteiger partial charge in [0.25, 0.3) is 0 Å². The molecule has 0 aromatic heterocycles. The van der Waals surface area contributed by atoms with Crippen LogP contribution in [0, 0.1) is 0 Å². The molecule has 0 bridgehead atoms. The molecule has 136 valence electrons. The number of ether oxygens (including phenoxy) is 2. The third-order valence-corrected chi connectivity index (χ3v) is 3.58. The predicted molar refractivity (Wildman–Crippen MR) is 102 cm³/mol. The maximum absolute atomic E-state index is 12.0. The molecular weight excluding hydrogens is 377 g/mol. The third kappa shape index (κ3) is 5.51. The Labute approximate surface area is 161 Å². The molecule has 26 heavy (non-hydrogen) atoms. The average Bonchev–Trinajstić information content (AvgIpc) is 2.64. The van der Waals surface area contributed by atoms with Crippen molar-refractivity contribution in [2.24, 2.45) is 5.16 Å². The minimum Gasteiger partial charge on any atom is -0.489 e. The first-order valence-electron chi connectivity index (χ1n) is 7.58. The van der Waals surface area contributed by atoms with Crippen molar-refractivity contribution < 1.29 is 19.1 Å². The predicted octanol–water partition coefficient (Wildman–Crippen LogP) is 4.57. The third-order valence-electron chi connectivity index (χ3n) is 3.36. The van der Waals surface area contributed by atoms with Crippen LogP contribution in [0.4, 0.5) is 0 Å². The molecule has 5 nitrogen and oxygen atoms in total. The van der Waals surface area contributed by atoms with Gasteiger partial charge in [0, 0.05) is 5.56 Å². The second kappa shape index (κ2) is 9.85. The van der Waals surface area contributed by atoms with E-state index in [-0.39, 0.29) is 16.8 Å². The zero-order valence-corrected chi connectivity index (χ0v) is 15.8. The van der Waals surface area contributed by atoms with Crippen molar-refractivity contribution in [3.05, 3.63) is 69.7 Å². The van der Waals surface area contributed by atoms with Crippen LogP contribution in [-0.4, -0.2) is 25.9 Å². The van der Waals surface area contributed by atoms with E-state index in [9.17, 15) is 4.79 Å². The van der Waals surface area contributed by atoms with Gasteiger partial charge in [0.05, 0.1) is 7.11 Å². The van der Waals surface area contributed by atoms with Gasteiger partial charge in [-0.15, -0.1) is 0 Å².